The van der Waals surface area contributed by atoms with Gasteiger partial charge in [0.1, 0.15) is 12.4 Å². The summed E-state index contributed by atoms with van der Waals surface area (Å²) >= 11 is 0. The average Bonchev–Trinajstić information content (AvgIpc) is 2.92. The Balaban J connectivity index is 2.25. The average molecular weight is 308 g/mol. The summed E-state index contributed by atoms with van der Waals surface area (Å²) in [4.78, 5) is 0. The zero-order valence-corrected chi connectivity index (χ0v) is 15.4. The van der Waals surface area contributed by atoms with E-state index >= 15 is 0 Å². The third-order valence-corrected chi connectivity index (χ3v) is 4.69. The first kappa shape index (κ1) is 19.3. The van der Waals surface area contributed by atoms with Crippen LogP contribution in [-0.2, 0) is 19.5 Å². The minimum atomic E-state index is 1.10. The van der Waals surface area contributed by atoms with Crippen molar-refractivity contribution in [3.8, 4) is 0 Å². The Morgan fingerprint density at radius 1 is 0.773 bits per heavy atom. The molecule has 22 heavy (non-hydrogen) atoms. The molecule has 0 radical (unpaired) electrons. The van der Waals surface area contributed by atoms with Gasteiger partial charge in [0.2, 0.25) is 0 Å². The quantitative estimate of drug-likeness (QED) is 0.309. The lowest BCUT2D eigenvalue weighted by atomic mass is 10.1. The monoisotopic (exact) mass is 307 g/mol. The number of imidazole rings is 1. The smallest absolute Gasteiger partial charge is 0.235 e. The summed E-state index contributed by atoms with van der Waals surface area (Å²) in [7, 11) is 0. The van der Waals surface area contributed by atoms with Gasteiger partial charge in [-0.05, 0) is 26.2 Å². The lowest BCUT2D eigenvalue weighted by molar-refractivity contribution is -0.700. The lowest BCUT2D eigenvalue weighted by Crippen LogP contribution is -2.36. The number of nitrogens with zero attached hydrogens (tertiary/aromatic N) is 2. The van der Waals surface area contributed by atoms with Gasteiger partial charge in [0.15, 0.2) is 0 Å². The van der Waals surface area contributed by atoms with Crippen molar-refractivity contribution < 1.29 is 4.57 Å². The molecular formula is C20H39N2+. The molecule has 2 heteroatoms. The Labute approximate surface area is 138 Å². The fourth-order valence-electron chi connectivity index (χ4n) is 3.23. The highest BCUT2D eigenvalue weighted by Crippen LogP contribution is 2.10. The lowest BCUT2D eigenvalue weighted by Gasteiger charge is -2.05. The van der Waals surface area contributed by atoms with E-state index in [-0.39, 0.29) is 0 Å². The van der Waals surface area contributed by atoms with Crippen LogP contribution >= 0.6 is 0 Å². The van der Waals surface area contributed by atoms with Gasteiger partial charge in [0, 0.05) is 6.42 Å². The summed E-state index contributed by atoms with van der Waals surface area (Å²) in [5, 5.41) is 0. The predicted molar refractivity (Wildman–Crippen MR) is 96.1 cm³/mol. The topological polar surface area (TPSA) is 8.81 Å². The highest BCUT2D eigenvalue weighted by Gasteiger charge is 2.14. The molecule has 0 aromatic carbocycles. The maximum absolute atomic E-state index is 2.51. The van der Waals surface area contributed by atoms with Crippen LogP contribution in [0, 0.1) is 0 Å². The van der Waals surface area contributed by atoms with Crippen molar-refractivity contribution in [2.45, 2.75) is 111 Å². The maximum atomic E-state index is 2.51. The van der Waals surface area contributed by atoms with E-state index in [1.807, 2.05) is 0 Å². The van der Waals surface area contributed by atoms with Crippen LogP contribution < -0.4 is 4.57 Å². The van der Waals surface area contributed by atoms with Crippen LogP contribution in [0.1, 0.15) is 97.2 Å². The predicted octanol–water partition coefficient (Wildman–Crippen LogP) is 5.67. The van der Waals surface area contributed by atoms with Crippen LogP contribution in [0.25, 0.3) is 0 Å². The second-order valence-electron chi connectivity index (χ2n) is 6.63. The molecule has 1 aromatic heterocycles. The number of aromatic nitrogens is 2. The van der Waals surface area contributed by atoms with Crippen molar-refractivity contribution in [3.05, 3.63) is 18.2 Å². The van der Waals surface area contributed by atoms with Crippen molar-refractivity contribution >= 4 is 0 Å². The van der Waals surface area contributed by atoms with Gasteiger partial charge in [0.25, 0.3) is 5.82 Å². The Kier molecular flexibility index (Phi) is 11.1. The van der Waals surface area contributed by atoms with Crippen molar-refractivity contribution in [1.82, 2.24) is 4.57 Å². The molecule has 0 atom stereocenters. The molecule has 0 saturated heterocycles. The number of rotatable bonds is 14. The van der Waals surface area contributed by atoms with E-state index in [9.17, 15) is 0 Å². The summed E-state index contributed by atoms with van der Waals surface area (Å²) in [5.41, 5.74) is 0. The van der Waals surface area contributed by atoms with E-state index in [1.54, 1.807) is 5.82 Å². The molecule has 0 bridgehead atoms. The Morgan fingerprint density at radius 3 is 2.00 bits per heavy atom. The molecule has 0 saturated carbocycles. The molecule has 1 rings (SSSR count). The molecule has 2 nitrogen and oxygen atoms in total. The minimum Gasteiger partial charge on any atom is -0.235 e. The van der Waals surface area contributed by atoms with Crippen molar-refractivity contribution in [3.63, 3.8) is 0 Å². The van der Waals surface area contributed by atoms with Crippen molar-refractivity contribution in [2.24, 2.45) is 0 Å². The van der Waals surface area contributed by atoms with Crippen LogP contribution in [0.3, 0.4) is 0 Å². The van der Waals surface area contributed by atoms with Gasteiger partial charge in [-0.3, -0.25) is 0 Å². The van der Waals surface area contributed by atoms with E-state index in [2.05, 4.69) is 42.3 Å². The number of unbranched alkanes of at least 4 members (excludes halogenated alkanes) is 9. The van der Waals surface area contributed by atoms with Gasteiger partial charge in [-0.1, -0.05) is 65.2 Å². The molecular weight excluding hydrogens is 268 g/mol. The normalized spacial score (nSPS) is 11.2. The standard InChI is InChI=1S/C20H39N2/c1-4-7-9-10-11-12-13-15-17-22-19-18-21(6-3)20(22)16-14-8-5-2/h18-19H,4-17H2,1-3H3/q+1. The molecule has 1 aromatic rings. The number of hydrogen-bond acceptors (Lipinski definition) is 0. The van der Waals surface area contributed by atoms with Gasteiger partial charge in [0.05, 0.1) is 13.1 Å². The largest absolute Gasteiger partial charge is 0.256 e. The molecule has 0 aliphatic carbocycles. The molecule has 0 unspecified atom stereocenters. The first-order valence-electron chi connectivity index (χ1n) is 9.90. The summed E-state index contributed by atoms with van der Waals surface area (Å²) in [6, 6.07) is 0. The van der Waals surface area contributed by atoms with E-state index in [4.69, 9.17) is 0 Å². The van der Waals surface area contributed by atoms with Crippen LogP contribution in [-0.4, -0.2) is 4.57 Å². The fraction of sp³-hybridized carbons (Fsp3) is 0.850. The Morgan fingerprint density at radius 2 is 1.36 bits per heavy atom. The summed E-state index contributed by atoms with van der Waals surface area (Å²) < 4.78 is 4.94. The third-order valence-electron chi connectivity index (χ3n) is 4.69. The molecule has 0 amide bonds. The SMILES string of the molecule is CCCCCCCCCCn1cc[n+](CC)c1CCCCC. The van der Waals surface area contributed by atoms with Crippen molar-refractivity contribution in [2.75, 3.05) is 0 Å². The third kappa shape index (κ3) is 7.47. The molecule has 0 N–H and O–H groups in total. The van der Waals surface area contributed by atoms with Gasteiger partial charge < -0.3 is 0 Å². The van der Waals surface area contributed by atoms with Crippen LogP contribution in [0.4, 0.5) is 0 Å². The number of aryl methyl sites for hydroxylation is 2. The first-order chi connectivity index (χ1) is 10.8. The van der Waals surface area contributed by atoms with E-state index in [0.717, 1.165) is 6.54 Å². The molecule has 0 spiro atoms. The molecule has 0 aliphatic heterocycles. The highest BCUT2D eigenvalue weighted by molar-refractivity contribution is 4.84. The highest BCUT2D eigenvalue weighted by atomic mass is 15.1. The summed E-state index contributed by atoms with van der Waals surface area (Å²) in [5.74, 6) is 1.54. The van der Waals surface area contributed by atoms with E-state index in [0.29, 0.717) is 0 Å². The molecule has 0 aliphatic rings. The van der Waals surface area contributed by atoms with Gasteiger partial charge >= 0.3 is 0 Å². The van der Waals surface area contributed by atoms with E-state index < -0.39 is 0 Å². The molecule has 1 heterocycles. The second kappa shape index (κ2) is 12.7. The minimum absolute atomic E-state index is 1.10. The zero-order chi connectivity index (χ0) is 16.0. The van der Waals surface area contributed by atoms with E-state index in [1.165, 1.54) is 83.6 Å². The Hall–Kier alpha value is -0.790. The summed E-state index contributed by atoms with van der Waals surface area (Å²) in [6.45, 7) is 9.14. The number of hydrogen-bond donors (Lipinski definition) is 0. The molecule has 128 valence electrons. The van der Waals surface area contributed by atoms with Gasteiger partial charge in [-0.25, -0.2) is 9.13 Å². The maximum Gasteiger partial charge on any atom is 0.256 e. The van der Waals surface area contributed by atoms with Gasteiger partial charge in [-0.2, -0.15) is 0 Å². The molecule has 0 fully saturated rings. The first-order valence-corrected chi connectivity index (χ1v) is 9.90. The Bertz CT molecular complexity index is 368. The van der Waals surface area contributed by atoms with Crippen LogP contribution in [0.5, 0.6) is 0 Å². The fourth-order valence-corrected chi connectivity index (χ4v) is 3.23. The second-order valence-corrected chi connectivity index (χ2v) is 6.63. The zero-order valence-electron chi connectivity index (χ0n) is 15.4. The van der Waals surface area contributed by atoms with Gasteiger partial charge in [-0.15, -0.1) is 0 Å². The van der Waals surface area contributed by atoms with Crippen LogP contribution in [0.2, 0.25) is 0 Å². The summed E-state index contributed by atoms with van der Waals surface area (Å²) in [6.07, 6.45) is 21.0. The van der Waals surface area contributed by atoms with Crippen molar-refractivity contribution in [1.29, 1.82) is 0 Å². The van der Waals surface area contributed by atoms with Crippen LogP contribution in [0.15, 0.2) is 12.4 Å².